The standard InChI is InChI=1S/C12H8N2O/c13-12(15)7-4-5-9-8-2-1-3-10(8)14-11(9)6-7/h1-6H,(H2,13,15). The molecule has 0 aromatic heterocycles. The van der Waals surface area contributed by atoms with Gasteiger partial charge in [0, 0.05) is 16.7 Å². The first-order valence-corrected chi connectivity index (χ1v) is 4.67. The largest absolute Gasteiger partial charge is 0.366 e. The molecule has 1 amide bonds. The van der Waals surface area contributed by atoms with Crippen molar-refractivity contribution in [2.24, 2.45) is 10.7 Å². The van der Waals surface area contributed by atoms with Crippen molar-refractivity contribution in [1.82, 2.24) is 0 Å². The van der Waals surface area contributed by atoms with Crippen LogP contribution in [0.3, 0.4) is 0 Å². The minimum absolute atomic E-state index is 0.417. The summed E-state index contributed by atoms with van der Waals surface area (Å²) in [4.78, 5) is 15.4. The van der Waals surface area contributed by atoms with E-state index in [1.54, 1.807) is 12.1 Å². The lowest BCUT2D eigenvalue weighted by Crippen LogP contribution is -2.10. The SMILES string of the molecule is NC(=O)c1ccc2c(c1)N=C1C=CC=C12. The smallest absolute Gasteiger partial charge is 0.248 e. The molecule has 1 aliphatic carbocycles. The first kappa shape index (κ1) is 8.17. The highest BCUT2D eigenvalue weighted by molar-refractivity contribution is 6.35. The summed E-state index contributed by atoms with van der Waals surface area (Å²) >= 11 is 0. The van der Waals surface area contributed by atoms with E-state index in [1.165, 1.54) is 0 Å². The van der Waals surface area contributed by atoms with Gasteiger partial charge in [-0.2, -0.15) is 0 Å². The Morgan fingerprint density at radius 3 is 3.00 bits per heavy atom. The zero-order valence-electron chi connectivity index (χ0n) is 7.90. The summed E-state index contributed by atoms with van der Waals surface area (Å²) in [7, 11) is 0. The molecule has 3 rings (SSSR count). The number of nitrogens with two attached hydrogens (primary N) is 1. The summed E-state index contributed by atoms with van der Waals surface area (Å²) in [5, 5.41) is 0. The van der Waals surface area contributed by atoms with Crippen LogP contribution in [0, 0.1) is 0 Å². The van der Waals surface area contributed by atoms with Gasteiger partial charge in [0.1, 0.15) is 0 Å². The Hall–Kier alpha value is -2.16. The highest BCUT2D eigenvalue weighted by Crippen LogP contribution is 2.37. The molecule has 3 nitrogen and oxygen atoms in total. The number of hydrogen-bond acceptors (Lipinski definition) is 2. The molecule has 2 N–H and O–H groups in total. The van der Waals surface area contributed by atoms with Crippen molar-refractivity contribution in [2.45, 2.75) is 0 Å². The number of carbonyl (C=O) groups is 1. The maximum Gasteiger partial charge on any atom is 0.248 e. The molecule has 0 saturated carbocycles. The van der Waals surface area contributed by atoms with Crippen LogP contribution < -0.4 is 5.73 Å². The van der Waals surface area contributed by atoms with Crippen LogP contribution in [0.1, 0.15) is 15.9 Å². The Bertz CT molecular complexity index is 565. The van der Waals surface area contributed by atoms with Crippen molar-refractivity contribution < 1.29 is 4.79 Å². The predicted octanol–water partition coefficient (Wildman–Crippen LogP) is 1.82. The van der Waals surface area contributed by atoms with Crippen molar-refractivity contribution in [3.8, 4) is 0 Å². The second-order valence-electron chi connectivity index (χ2n) is 3.53. The van der Waals surface area contributed by atoms with Crippen molar-refractivity contribution in [3.63, 3.8) is 0 Å². The fourth-order valence-electron chi connectivity index (χ4n) is 1.87. The molecule has 15 heavy (non-hydrogen) atoms. The van der Waals surface area contributed by atoms with Gasteiger partial charge in [0.15, 0.2) is 0 Å². The van der Waals surface area contributed by atoms with Crippen molar-refractivity contribution in [1.29, 1.82) is 0 Å². The number of nitrogens with zero attached hydrogens (tertiary/aromatic N) is 1. The van der Waals surface area contributed by atoms with Crippen LogP contribution >= 0.6 is 0 Å². The van der Waals surface area contributed by atoms with Gasteiger partial charge in [-0.15, -0.1) is 0 Å². The molecule has 1 aromatic rings. The second kappa shape index (κ2) is 2.67. The second-order valence-corrected chi connectivity index (χ2v) is 3.53. The van der Waals surface area contributed by atoms with Crippen LogP contribution in [0.4, 0.5) is 5.69 Å². The number of rotatable bonds is 1. The molecule has 0 atom stereocenters. The molecule has 0 bridgehead atoms. The number of benzene rings is 1. The van der Waals surface area contributed by atoms with Gasteiger partial charge < -0.3 is 5.73 Å². The topological polar surface area (TPSA) is 55.5 Å². The lowest BCUT2D eigenvalue weighted by atomic mass is 10.0. The number of amides is 1. The van der Waals surface area contributed by atoms with E-state index in [-0.39, 0.29) is 0 Å². The van der Waals surface area contributed by atoms with E-state index in [1.807, 2.05) is 24.3 Å². The van der Waals surface area contributed by atoms with Gasteiger partial charge in [-0.05, 0) is 18.2 Å². The molecule has 3 heteroatoms. The molecular weight excluding hydrogens is 188 g/mol. The van der Waals surface area contributed by atoms with E-state index in [4.69, 9.17) is 5.73 Å². The van der Waals surface area contributed by atoms with E-state index in [2.05, 4.69) is 4.99 Å². The molecule has 1 heterocycles. The fourth-order valence-corrected chi connectivity index (χ4v) is 1.87. The van der Waals surface area contributed by atoms with E-state index in [0.29, 0.717) is 5.56 Å². The van der Waals surface area contributed by atoms with Crippen LogP contribution in [0.5, 0.6) is 0 Å². The first-order chi connectivity index (χ1) is 7.25. The van der Waals surface area contributed by atoms with Gasteiger partial charge in [-0.3, -0.25) is 4.79 Å². The average Bonchev–Trinajstić information content (AvgIpc) is 2.75. The van der Waals surface area contributed by atoms with Crippen LogP contribution in [-0.2, 0) is 0 Å². The van der Waals surface area contributed by atoms with Crippen molar-refractivity contribution in [3.05, 3.63) is 47.6 Å². The van der Waals surface area contributed by atoms with Gasteiger partial charge in [0.05, 0.1) is 11.4 Å². The molecule has 1 aromatic carbocycles. The first-order valence-electron chi connectivity index (χ1n) is 4.67. The number of primary amides is 1. The van der Waals surface area contributed by atoms with E-state index < -0.39 is 5.91 Å². The molecular formula is C12H8N2O. The van der Waals surface area contributed by atoms with Crippen LogP contribution in [-0.4, -0.2) is 11.6 Å². The van der Waals surface area contributed by atoms with Crippen LogP contribution in [0.2, 0.25) is 0 Å². The molecule has 72 valence electrons. The molecule has 0 fully saturated rings. The monoisotopic (exact) mass is 196 g/mol. The third-order valence-electron chi connectivity index (χ3n) is 2.61. The normalized spacial score (nSPS) is 15.7. The summed E-state index contributed by atoms with van der Waals surface area (Å²) < 4.78 is 0. The van der Waals surface area contributed by atoms with Crippen LogP contribution in [0.25, 0.3) is 5.57 Å². The number of aliphatic imine (C=N–C) groups is 1. The van der Waals surface area contributed by atoms with Crippen LogP contribution in [0.15, 0.2) is 41.4 Å². The Morgan fingerprint density at radius 1 is 1.33 bits per heavy atom. The Labute approximate surface area is 86.6 Å². The van der Waals surface area contributed by atoms with E-state index in [9.17, 15) is 4.79 Å². The van der Waals surface area contributed by atoms with Crippen molar-refractivity contribution in [2.75, 3.05) is 0 Å². The number of carbonyl (C=O) groups excluding carboxylic acids is 1. The van der Waals surface area contributed by atoms with Crippen molar-refractivity contribution >= 4 is 22.9 Å². The van der Waals surface area contributed by atoms with Gasteiger partial charge in [-0.1, -0.05) is 18.2 Å². The van der Waals surface area contributed by atoms with Gasteiger partial charge in [-0.25, -0.2) is 4.99 Å². The Morgan fingerprint density at radius 2 is 2.20 bits per heavy atom. The third kappa shape index (κ3) is 1.06. The maximum absolute atomic E-state index is 11.0. The minimum Gasteiger partial charge on any atom is -0.366 e. The Kier molecular flexibility index (Phi) is 1.45. The predicted molar refractivity (Wildman–Crippen MR) is 59.2 cm³/mol. The van der Waals surface area contributed by atoms with E-state index >= 15 is 0 Å². The molecule has 0 saturated heterocycles. The zero-order valence-corrected chi connectivity index (χ0v) is 7.90. The highest BCUT2D eigenvalue weighted by Gasteiger charge is 2.21. The maximum atomic E-state index is 11.0. The number of fused-ring (bicyclic) bond motifs is 3. The highest BCUT2D eigenvalue weighted by atomic mass is 16.1. The molecule has 0 spiro atoms. The van der Waals surface area contributed by atoms with E-state index in [0.717, 1.165) is 22.5 Å². The quantitative estimate of drug-likeness (QED) is 0.731. The lowest BCUT2D eigenvalue weighted by molar-refractivity contribution is 0.100. The van der Waals surface area contributed by atoms with Gasteiger partial charge >= 0.3 is 0 Å². The fraction of sp³-hybridized carbons (Fsp3) is 0. The molecule has 1 aliphatic heterocycles. The van der Waals surface area contributed by atoms with Gasteiger partial charge in [0.2, 0.25) is 5.91 Å². The average molecular weight is 196 g/mol. The summed E-state index contributed by atoms with van der Waals surface area (Å²) in [6.07, 6.45) is 5.95. The number of hydrogen-bond donors (Lipinski definition) is 1. The third-order valence-corrected chi connectivity index (χ3v) is 2.61. The summed E-state index contributed by atoms with van der Waals surface area (Å²) in [6.45, 7) is 0. The summed E-state index contributed by atoms with van der Waals surface area (Å²) in [5.41, 5.74) is 9.70. The summed E-state index contributed by atoms with van der Waals surface area (Å²) in [6, 6.07) is 5.36. The molecule has 0 radical (unpaired) electrons. The van der Waals surface area contributed by atoms with Gasteiger partial charge in [0.25, 0.3) is 0 Å². The Balaban J connectivity index is 2.19. The minimum atomic E-state index is -0.417. The lowest BCUT2D eigenvalue weighted by Gasteiger charge is -2.00. The zero-order chi connectivity index (χ0) is 10.4. The molecule has 0 unspecified atom stereocenters. The summed E-state index contributed by atoms with van der Waals surface area (Å²) in [5.74, 6) is -0.417. The number of allylic oxidation sites excluding steroid dienone is 4. The molecule has 2 aliphatic rings.